The van der Waals surface area contributed by atoms with Crippen molar-refractivity contribution >= 4 is 17.2 Å². The van der Waals surface area contributed by atoms with E-state index in [-0.39, 0.29) is 5.54 Å². The second-order valence-electron chi connectivity index (χ2n) is 5.86. The van der Waals surface area contributed by atoms with Crippen molar-refractivity contribution in [2.24, 2.45) is 5.73 Å². The van der Waals surface area contributed by atoms with Crippen LogP contribution in [0.3, 0.4) is 0 Å². The lowest BCUT2D eigenvalue weighted by Gasteiger charge is -2.43. The molecular formula is C15H23N3OS. The Morgan fingerprint density at radius 2 is 1.95 bits per heavy atom. The molecule has 1 saturated heterocycles. The molecule has 0 saturated carbocycles. The number of hydrogen-bond donors (Lipinski definition) is 2. The topological polar surface area (TPSA) is 52.7 Å². The van der Waals surface area contributed by atoms with Gasteiger partial charge in [-0.1, -0.05) is 24.4 Å². The van der Waals surface area contributed by atoms with E-state index in [1.165, 1.54) is 0 Å². The fraction of sp³-hybridized carbons (Fsp3) is 0.533. The van der Waals surface area contributed by atoms with Crippen LogP contribution in [0.5, 0.6) is 5.75 Å². The molecule has 4 nitrogen and oxygen atoms in total. The van der Waals surface area contributed by atoms with Crippen molar-refractivity contribution < 1.29 is 5.11 Å². The zero-order valence-corrected chi connectivity index (χ0v) is 13.0. The van der Waals surface area contributed by atoms with Gasteiger partial charge in [0, 0.05) is 32.7 Å². The molecule has 1 aromatic carbocycles. The third-order valence-electron chi connectivity index (χ3n) is 4.08. The number of benzene rings is 1. The summed E-state index contributed by atoms with van der Waals surface area (Å²) in [4.78, 5) is 5.29. The van der Waals surface area contributed by atoms with Crippen LogP contribution in [0.1, 0.15) is 19.4 Å². The van der Waals surface area contributed by atoms with E-state index in [0.717, 1.165) is 38.3 Å². The first-order chi connectivity index (χ1) is 9.39. The van der Waals surface area contributed by atoms with Gasteiger partial charge in [-0.25, -0.2) is 0 Å². The molecule has 0 bridgehead atoms. The van der Waals surface area contributed by atoms with Gasteiger partial charge in [0.05, 0.1) is 10.5 Å². The van der Waals surface area contributed by atoms with Crippen molar-refractivity contribution in [3.05, 3.63) is 29.8 Å². The average Bonchev–Trinajstić information content (AvgIpc) is 2.39. The molecule has 5 heteroatoms. The third kappa shape index (κ3) is 3.48. The minimum absolute atomic E-state index is 0.216. The summed E-state index contributed by atoms with van der Waals surface area (Å²) in [6.45, 7) is 8.94. The first kappa shape index (κ1) is 15.2. The number of phenolic OH excluding ortho intramolecular Hbond substituents is 1. The number of rotatable bonds is 4. The highest BCUT2D eigenvalue weighted by molar-refractivity contribution is 7.80. The second kappa shape index (κ2) is 6.08. The summed E-state index contributed by atoms with van der Waals surface area (Å²) in [5.41, 5.74) is 6.75. The van der Waals surface area contributed by atoms with Crippen LogP contribution in [0, 0.1) is 0 Å². The van der Waals surface area contributed by atoms with Crippen LogP contribution < -0.4 is 5.73 Å². The molecule has 2 rings (SSSR count). The van der Waals surface area contributed by atoms with Crippen molar-refractivity contribution in [2.45, 2.75) is 25.9 Å². The van der Waals surface area contributed by atoms with Gasteiger partial charge < -0.3 is 10.8 Å². The molecule has 1 aliphatic rings. The summed E-state index contributed by atoms with van der Waals surface area (Å²) in [6.07, 6.45) is 0. The van der Waals surface area contributed by atoms with Crippen LogP contribution >= 0.6 is 12.2 Å². The average molecular weight is 293 g/mol. The highest BCUT2D eigenvalue weighted by atomic mass is 32.1. The fourth-order valence-corrected chi connectivity index (χ4v) is 2.66. The number of nitrogens with two attached hydrogens (primary N) is 1. The summed E-state index contributed by atoms with van der Waals surface area (Å²) in [6, 6.07) is 7.46. The minimum atomic E-state index is -0.216. The van der Waals surface area contributed by atoms with Gasteiger partial charge >= 0.3 is 0 Å². The number of nitrogens with zero attached hydrogens (tertiary/aromatic N) is 2. The molecule has 3 N–H and O–H groups in total. The number of aromatic hydroxyl groups is 1. The summed E-state index contributed by atoms with van der Waals surface area (Å²) >= 11 is 5.16. The van der Waals surface area contributed by atoms with Gasteiger partial charge in [0.25, 0.3) is 0 Å². The lowest BCUT2D eigenvalue weighted by molar-refractivity contribution is 0.0821. The molecule has 0 spiro atoms. The Bertz CT molecular complexity index is 482. The standard InChI is InChI=1S/C15H23N3OS/c1-15(2,14(16)20)18-8-6-17(7-9-18)11-12-4-3-5-13(19)10-12/h3-5,10,19H,6-9,11H2,1-2H3,(H2,16,20). The van der Waals surface area contributed by atoms with E-state index in [4.69, 9.17) is 18.0 Å². The monoisotopic (exact) mass is 293 g/mol. The molecule has 0 aliphatic carbocycles. The quantitative estimate of drug-likeness (QED) is 0.826. The van der Waals surface area contributed by atoms with Crippen LogP contribution in [0.15, 0.2) is 24.3 Å². The number of piperazine rings is 1. The summed E-state index contributed by atoms with van der Waals surface area (Å²) in [5.74, 6) is 0.329. The summed E-state index contributed by atoms with van der Waals surface area (Å²) in [7, 11) is 0. The molecule has 1 fully saturated rings. The summed E-state index contributed by atoms with van der Waals surface area (Å²) in [5, 5.41) is 9.50. The molecular weight excluding hydrogens is 270 g/mol. The molecule has 20 heavy (non-hydrogen) atoms. The number of phenols is 1. The fourth-order valence-electron chi connectivity index (χ4n) is 2.53. The van der Waals surface area contributed by atoms with Crippen LogP contribution in [0.4, 0.5) is 0 Å². The van der Waals surface area contributed by atoms with Gasteiger partial charge in [0.2, 0.25) is 0 Å². The predicted octanol–water partition coefficient (Wildman–Crippen LogP) is 1.57. The highest BCUT2D eigenvalue weighted by Gasteiger charge is 2.32. The molecule has 0 atom stereocenters. The van der Waals surface area contributed by atoms with E-state index < -0.39 is 0 Å². The smallest absolute Gasteiger partial charge is 0.115 e. The van der Waals surface area contributed by atoms with E-state index in [1.54, 1.807) is 6.07 Å². The first-order valence-electron chi connectivity index (χ1n) is 6.95. The van der Waals surface area contributed by atoms with Gasteiger partial charge in [0.1, 0.15) is 5.75 Å². The Morgan fingerprint density at radius 1 is 1.30 bits per heavy atom. The van der Waals surface area contributed by atoms with Crippen LogP contribution in [0.25, 0.3) is 0 Å². The maximum Gasteiger partial charge on any atom is 0.115 e. The Hall–Kier alpha value is -1.17. The maximum atomic E-state index is 9.50. The van der Waals surface area contributed by atoms with Crippen molar-refractivity contribution in [1.82, 2.24) is 9.80 Å². The van der Waals surface area contributed by atoms with Crippen LogP contribution in [0.2, 0.25) is 0 Å². The Balaban J connectivity index is 1.90. The van der Waals surface area contributed by atoms with Gasteiger partial charge in [0.15, 0.2) is 0 Å². The van der Waals surface area contributed by atoms with E-state index in [9.17, 15) is 5.11 Å². The zero-order valence-electron chi connectivity index (χ0n) is 12.2. The predicted molar refractivity (Wildman–Crippen MR) is 85.8 cm³/mol. The molecule has 1 aliphatic heterocycles. The zero-order chi connectivity index (χ0) is 14.8. The van der Waals surface area contributed by atoms with Crippen molar-refractivity contribution in [2.75, 3.05) is 26.2 Å². The number of hydrogen-bond acceptors (Lipinski definition) is 4. The van der Waals surface area contributed by atoms with E-state index in [0.29, 0.717) is 10.7 Å². The highest BCUT2D eigenvalue weighted by Crippen LogP contribution is 2.19. The molecule has 0 radical (unpaired) electrons. The SMILES string of the molecule is CC(C)(C(N)=S)N1CCN(Cc2cccc(O)c2)CC1. The van der Waals surface area contributed by atoms with Crippen LogP contribution in [-0.4, -0.2) is 51.6 Å². The molecule has 1 aromatic rings. The van der Waals surface area contributed by atoms with E-state index in [1.807, 2.05) is 18.2 Å². The van der Waals surface area contributed by atoms with Crippen LogP contribution in [-0.2, 0) is 6.54 Å². The molecule has 0 unspecified atom stereocenters. The van der Waals surface area contributed by atoms with Crippen molar-refractivity contribution in [3.8, 4) is 5.75 Å². The number of thiocarbonyl (C=S) groups is 1. The largest absolute Gasteiger partial charge is 0.508 e. The van der Waals surface area contributed by atoms with Gasteiger partial charge in [-0.05, 0) is 31.5 Å². The lowest BCUT2D eigenvalue weighted by Crippen LogP contribution is -2.59. The second-order valence-corrected chi connectivity index (χ2v) is 6.30. The van der Waals surface area contributed by atoms with Gasteiger partial charge in [-0.15, -0.1) is 0 Å². The Kier molecular flexibility index (Phi) is 4.62. The lowest BCUT2D eigenvalue weighted by atomic mass is 10.0. The van der Waals surface area contributed by atoms with Gasteiger partial charge in [-0.2, -0.15) is 0 Å². The Labute approximate surface area is 126 Å². The Morgan fingerprint density at radius 3 is 2.50 bits per heavy atom. The minimum Gasteiger partial charge on any atom is -0.508 e. The molecule has 1 heterocycles. The molecule has 110 valence electrons. The van der Waals surface area contributed by atoms with E-state index in [2.05, 4.69) is 23.6 Å². The maximum absolute atomic E-state index is 9.50. The van der Waals surface area contributed by atoms with E-state index >= 15 is 0 Å². The van der Waals surface area contributed by atoms with Crippen molar-refractivity contribution in [1.29, 1.82) is 0 Å². The van der Waals surface area contributed by atoms with Gasteiger partial charge in [-0.3, -0.25) is 9.80 Å². The van der Waals surface area contributed by atoms with Crippen molar-refractivity contribution in [3.63, 3.8) is 0 Å². The normalized spacial score (nSPS) is 18.1. The molecule has 0 aromatic heterocycles. The first-order valence-corrected chi connectivity index (χ1v) is 7.35. The summed E-state index contributed by atoms with van der Waals surface area (Å²) < 4.78 is 0. The third-order valence-corrected chi connectivity index (χ3v) is 4.58. The molecule has 0 amide bonds.